The van der Waals surface area contributed by atoms with Crippen molar-refractivity contribution >= 4 is 27.8 Å². The molecule has 19 heavy (non-hydrogen) atoms. The van der Waals surface area contributed by atoms with Gasteiger partial charge in [-0.05, 0) is 23.1 Å². The average Bonchev–Trinajstić information content (AvgIpc) is 2.27. The normalized spacial score (nSPS) is 12.8. The quantitative estimate of drug-likeness (QED) is 0.893. The van der Waals surface area contributed by atoms with Crippen LogP contribution in [0.1, 0.15) is 26.3 Å². The molecule has 1 rings (SSSR count). The second-order valence-electron chi connectivity index (χ2n) is 5.51. The fourth-order valence-electron chi connectivity index (χ4n) is 1.65. The number of nitrogens with one attached hydrogen (secondary N) is 1. The van der Waals surface area contributed by atoms with Crippen LogP contribution in [0.5, 0.6) is 0 Å². The van der Waals surface area contributed by atoms with Crippen LogP contribution in [0.2, 0.25) is 0 Å². The minimum absolute atomic E-state index is 0.174. The fourth-order valence-corrected chi connectivity index (χ4v) is 1.91. The Morgan fingerprint density at radius 3 is 2.21 bits per heavy atom. The lowest BCUT2D eigenvalue weighted by Crippen LogP contribution is -2.49. The van der Waals surface area contributed by atoms with Crippen LogP contribution >= 0.6 is 15.9 Å². The molecular formula is C14H18BrNO3. The first-order valence-corrected chi connectivity index (χ1v) is 6.76. The van der Waals surface area contributed by atoms with Gasteiger partial charge in [-0.3, -0.25) is 4.79 Å². The molecule has 1 atom stereocenters. The largest absolute Gasteiger partial charge is 0.480 e. The highest BCUT2D eigenvalue weighted by Gasteiger charge is 2.32. The van der Waals surface area contributed by atoms with E-state index in [9.17, 15) is 9.59 Å². The zero-order valence-electron chi connectivity index (χ0n) is 11.2. The van der Waals surface area contributed by atoms with E-state index in [1.807, 2.05) is 24.3 Å². The van der Waals surface area contributed by atoms with Crippen molar-refractivity contribution in [3.8, 4) is 0 Å². The molecule has 0 saturated carbocycles. The van der Waals surface area contributed by atoms with Crippen molar-refractivity contribution in [1.29, 1.82) is 0 Å². The van der Waals surface area contributed by atoms with Crippen LogP contribution in [0.15, 0.2) is 28.7 Å². The maximum absolute atomic E-state index is 11.9. The van der Waals surface area contributed by atoms with Gasteiger partial charge in [0.15, 0.2) is 0 Å². The maximum atomic E-state index is 11.9. The molecule has 1 amide bonds. The summed E-state index contributed by atoms with van der Waals surface area (Å²) in [6, 6.07) is 6.46. The van der Waals surface area contributed by atoms with E-state index in [0.29, 0.717) is 0 Å². The van der Waals surface area contributed by atoms with Crippen molar-refractivity contribution in [1.82, 2.24) is 5.32 Å². The highest BCUT2D eigenvalue weighted by atomic mass is 79.9. The molecule has 104 valence electrons. The zero-order chi connectivity index (χ0) is 14.6. The van der Waals surface area contributed by atoms with Crippen molar-refractivity contribution in [2.45, 2.75) is 33.2 Å². The van der Waals surface area contributed by atoms with Crippen molar-refractivity contribution in [3.05, 3.63) is 34.3 Å². The minimum atomic E-state index is -1.02. The molecule has 0 spiro atoms. The van der Waals surface area contributed by atoms with Crippen LogP contribution in [0.25, 0.3) is 0 Å². The van der Waals surface area contributed by atoms with Crippen molar-refractivity contribution in [2.24, 2.45) is 5.41 Å². The van der Waals surface area contributed by atoms with E-state index in [0.717, 1.165) is 10.0 Å². The van der Waals surface area contributed by atoms with E-state index in [4.69, 9.17) is 5.11 Å². The average molecular weight is 328 g/mol. The summed E-state index contributed by atoms with van der Waals surface area (Å²) in [7, 11) is 0. The van der Waals surface area contributed by atoms with Gasteiger partial charge in [-0.15, -0.1) is 0 Å². The van der Waals surface area contributed by atoms with Crippen molar-refractivity contribution in [3.63, 3.8) is 0 Å². The van der Waals surface area contributed by atoms with Gasteiger partial charge in [0.1, 0.15) is 6.04 Å². The Hall–Kier alpha value is -1.36. The van der Waals surface area contributed by atoms with E-state index >= 15 is 0 Å². The van der Waals surface area contributed by atoms with E-state index in [1.54, 1.807) is 20.8 Å². The zero-order valence-corrected chi connectivity index (χ0v) is 12.8. The third kappa shape index (κ3) is 5.03. The van der Waals surface area contributed by atoms with Gasteiger partial charge in [-0.2, -0.15) is 0 Å². The van der Waals surface area contributed by atoms with E-state index in [-0.39, 0.29) is 12.3 Å². The Balaban J connectivity index is 2.68. The highest BCUT2D eigenvalue weighted by molar-refractivity contribution is 9.10. The van der Waals surface area contributed by atoms with Gasteiger partial charge in [0.25, 0.3) is 0 Å². The van der Waals surface area contributed by atoms with Gasteiger partial charge in [0.05, 0.1) is 6.42 Å². The first kappa shape index (κ1) is 15.7. The monoisotopic (exact) mass is 327 g/mol. The van der Waals surface area contributed by atoms with Crippen LogP contribution in [0.3, 0.4) is 0 Å². The van der Waals surface area contributed by atoms with Crippen molar-refractivity contribution in [2.75, 3.05) is 0 Å². The Kier molecular flexibility index (Phi) is 5.11. The van der Waals surface area contributed by atoms with Crippen LogP contribution in [0, 0.1) is 5.41 Å². The third-order valence-corrected chi connectivity index (χ3v) is 3.22. The molecule has 0 bridgehead atoms. The summed E-state index contributed by atoms with van der Waals surface area (Å²) in [5.74, 6) is -1.30. The van der Waals surface area contributed by atoms with Gasteiger partial charge >= 0.3 is 5.97 Å². The molecule has 0 radical (unpaired) electrons. The maximum Gasteiger partial charge on any atom is 0.326 e. The number of carboxylic acid groups (broad SMARTS) is 1. The first-order valence-electron chi connectivity index (χ1n) is 5.97. The number of carboxylic acids is 1. The SMILES string of the molecule is CC(C)(C)[C@H](NC(=O)Cc1ccc(Br)cc1)C(=O)O. The summed E-state index contributed by atoms with van der Waals surface area (Å²) in [5, 5.41) is 11.7. The number of hydrogen-bond donors (Lipinski definition) is 2. The second-order valence-corrected chi connectivity index (χ2v) is 6.42. The summed E-state index contributed by atoms with van der Waals surface area (Å²) in [5.41, 5.74) is 0.319. The van der Waals surface area contributed by atoms with E-state index in [2.05, 4.69) is 21.2 Å². The number of aliphatic carboxylic acids is 1. The number of halogens is 1. The number of carbonyl (C=O) groups is 2. The Bertz CT molecular complexity index is 463. The Morgan fingerprint density at radius 1 is 1.26 bits per heavy atom. The van der Waals surface area contributed by atoms with Gasteiger partial charge in [0, 0.05) is 4.47 Å². The predicted molar refractivity (Wildman–Crippen MR) is 76.9 cm³/mol. The summed E-state index contributed by atoms with van der Waals surface area (Å²) >= 11 is 3.32. The third-order valence-electron chi connectivity index (χ3n) is 2.70. The van der Waals surface area contributed by atoms with Gasteiger partial charge in [0.2, 0.25) is 5.91 Å². The predicted octanol–water partition coefficient (Wildman–Crippen LogP) is 2.61. The molecule has 0 saturated heterocycles. The summed E-state index contributed by atoms with van der Waals surface area (Å²) < 4.78 is 0.940. The standard InChI is InChI=1S/C14H18BrNO3/c1-14(2,3)12(13(18)19)16-11(17)8-9-4-6-10(15)7-5-9/h4-7,12H,8H2,1-3H3,(H,16,17)(H,18,19)/t12-/m1/s1. The topological polar surface area (TPSA) is 66.4 Å². The molecule has 0 unspecified atom stereocenters. The number of carbonyl (C=O) groups excluding carboxylic acids is 1. The van der Waals surface area contributed by atoms with Crippen LogP contribution < -0.4 is 5.32 Å². The molecule has 1 aromatic rings. The van der Waals surface area contributed by atoms with Gasteiger partial charge in [-0.25, -0.2) is 4.79 Å². The molecule has 5 heteroatoms. The molecular weight excluding hydrogens is 310 g/mol. The molecule has 0 aromatic heterocycles. The van der Waals surface area contributed by atoms with Gasteiger partial charge in [-0.1, -0.05) is 48.8 Å². The van der Waals surface area contributed by atoms with Crippen LogP contribution in [-0.4, -0.2) is 23.0 Å². The highest BCUT2D eigenvalue weighted by Crippen LogP contribution is 2.19. The number of hydrogen-bond acceptors (Lipinski definition) is 2. The number of benzene rings is 1. The molecule has 0 heterocycles. The lowest BCUT2D eigenvalue weighted by Gasteiger charge is -2.27. The Labute approximate surface area is 121 Å². The van der Waals surface area contributed by atoms with Crippen molar-refractivity contribution < 1.29 is 14.7 Å². The summed E-state index contributed by atoms with van der Waals surface area (Å²) in [6.07, 6.45) is 0.174. The summed E-state index contributed by atoms with van der Waals surface area (Å²) in [4.78, 5) is 23.0. The lowest BCUT2D eigenvalue weighted by molar-refractivity contribution is -0.144. The fraction of sp³-hybridized carbons (Fsp3) is 0.429. The molecule has 1 aromatic carbocycles. The smallest absolute Gasteiger partial charge is 0.326 e. The molecule has 0 aliphatic carbocycles. The molecule has 4 nitrogen and oxygen atoms in total. The molecule has 2 N–H and O–H groups in total. The minimum Gasteiger partial charge on any atom is -0.480 e. The Morgan fingerprint density at radius 2 is 1.79 bits per heavy atom. The van der Waals surface area contributed by atoms with E-state index in [1.165, 1.54) is 0 Å². The molecule has 0 aliphatic rings. The van der Waals surface area contributed by atoms with Gasteiger partial charge < -0.3 is 10.4 Å². The number of rotatable bonds is 4. The molecule has 0 fully saturated rings. The second kappa shape index (κ2) is 6.19. The van der Waals surface area contributed by atoms with Crippen LogP contribution in [0.4, 0.5) is 0 Å². The van der Waals surface area contributed by atoms with Crippen LogP contribution in [-0.2, 0) is 16.0 Å². The molecule has 0 aliphatic heterocycles. The lowest BCUT2D eigenvalue weighted by atomic mass is 9.86. The number of amides is 1. The summed E-state index contributed by atoms with van der Waals surface area (Å²) in [6.45, 7) is 5.35. The van der Waals surface area contributed by atoms with E-state index < -0.39 is 17.4 Å². The first-order chi connectivity index (χ1) is 8.70.